The molecule has 1 heterocycles. The minimum absolute atomic E-state index is 0.0411. The average Bonchev–Trinajstić information content (AvgIpc) is 2.96. The van der Waals surface area contributed by atoms with E-state index in [2.05, 4.69) is 26.5 Å². The van der Waals surface area contributed by atoms with Crippen LogP contribution in [0.4, 0.5) is 0 Å². The van der Waals surface area contributed by atoms with Crippen LogP contribution in [-0.4, -0.2) is 24.0 Å². The molecule has 0 unspecified atom stereocenters. The topological polar surface area (TPSA) is 80.2 Å². The largest absolute Gasteiger partial charge is 0.507 e. The number of amides is 1. The summed E-state index contributed by atoms with van der Waals surface area (Å²) in [5.74, 6) is 0.500. The Bertz CT molecular complexity index is 810. The van der Waals surface area contributed by atoms with E-state index >= 15 is 0 Å². The van der Waals surface area contributed by atoms with Crippen LogP contribution in [0, 0.1) is 0 Å². The number of hydrogen-bond acceptors (Lipinski definition) is 5. The van der Waals surface area contributed by atoms with Crippen LogP contribution in [0.3, 0.4) is 0 Å². The third-order valence-corrected chi connectivity index (χ3v) is 3.99. The molecule has 0 bridgehead atoms. The Morgan fingerprint density at radius 3 is 2.83 bits per heavy atom. The van der Waals surface area contributed by atoms with E-state index in [1.54, 1.807) is 12.1 Å². The standard InChI is InChI=1S/C15H10BrClN2O4/c16-11-5-14-13(22-7-23-14)3-8(11)6-18-19-15(21)10-4-9(17)1-2-12(10)20/h1-6,20H,7H2,(H,19,21)/b18-6-. The molecule has 0 fully saturated rings. The van der Waals surface area contributed by atoms with Gasteiger partial charge in [-0.3, -0.25) is 4.79 Å². The van der Waals surface area contributed by atoms with Crippen molar-refractivity contribution in [3.8, 4) is 17.2 Å². The summed E-state index contributed by atoms with van der Waals surface area (Å²) in [4.78, 5) is 12.0. The van der Waals surface area contributed by atoms with Crippen molar-refractivity contribution in [2.45, 2.75) is 0 Å². The molecular weight excluding hydrogens is 388 g/mol. The molecule has 0 aliphatic carbocycles. The van der Waals surface area contributed by atoms with Gasteiger partial charge in [-0.2, -0.15) is 5.10 Å². The lowest BCUT2D eigenvalue weighted by molar-refractivity contribution is 0.0952. The van der Waals surface area contributed by atoms with Gasteiger partial charge < -0.3 is 14.6 Å². The molecule has 0 atom stereocenters. The highest BCUT2D eigenvalue weighted by Gasteiger charge is 2.16. The predicted molar refractivity (Wildman–Crippen MR) is 88.4 cm³/mol. The number of aromatic hydroxyl groups is 1. The van der Waals surface area contributed by atoms with Crippen LogP contribution in [0.15, 0.2) is 39.9 Å². The zero-order valence-electron chi connectivity index (χ0n) is 11.5. The summed E-state index contributed by atoms with van der Waals surface area (Å²) < 4.78 is 11.3. The zero-order chi connectivity index (χ0) is 16.4. The molecular formula is C15H10BrClN2O4. The number of nitrogens with one attached hydrogen (secondary N) is 1. The lowest BCUT2D eigenvalue weighted by atomic mass is 10.2. The van der Waals surface area contributed by atoms with E-state index in [-0.39, 0.29) is 18.1 Å². The Hall–Kier alpha value is -2.25. The van der Waals surface area contributed by atoms with Gasteiger partial charge in [0.2, 0.25) is 6.79 Å². The molecule has 2 aromatic carbocycles. The number of fused-ring (bicyclic) bond motifs is 1. The fourth-order valence-corrected chi connectivity index (χ4v) is 2.54. The van der Waals surface area contributed by atoms with Crippen molar-refractivity contribution in [3.05, 3.63) is 51.0 Å². The maximum absolute atomic E-state index is 12.0. The molecule has 0 aromatic heterocycles. The van der Waals surface area contributed by atoms with E-state index in [1.807, 2.05) is 0 Å². The number of ether oxygens (including phenoxy) is 2. The molecule has 2 N–H and O–H groups in total. The zero-order valence-corrected chi connectivity index (χ0v) is 13.9. The Morgan fingerprint density at radius 2 is 2.04 bits per heavy atom. The van der Waals surface area contributed by atoms with Crippen molar-refractivity contribution in [2.24, 2.45) is 5.10 Å². The summed E-state index contributed by atoms with van der Waals surface area (Å²) in [6.07, 6.45) is 1.45. The van der Waals surface area contributed by atoms with Crippen molar-refractivity contribution >= 4 is 39.7 Å². The normalized spacial score (nSPS) is 12.6. The van der Waals surface area contributed by atoms with Gasteiger partial charge in [0, 0.05) is 15.1 Å². The van der Waals surface area contributed by atoms with Gasteiger partial charge in [0.1, 0.15) is 5.75 Å². The molecule has 2 aromatic rings. The first-order valence-corrected chi connectivity index (χ1v) is 7.63. The van der Waals surface area contributed by atoms with Crippen LogP contribution >= 0.6 is 27.5 Å². The van der Waals surface area contributed by atoms with Gasteiger partial charge in [-0.1, -0.05) is 11.6 Å². The number of carbonyl (C=O) groups excluding carboxylic acids is 1. The van der Waals surface area contributed by atoms with Gasteiger partial charge >= 0.3 is 0 Å². The number of hydrogen-bond donors (Lipinski definition) is 2. The van der Waals surface area contributed by atoms with Crippen molar-refractivity contribution in [3.63, 3.8) is 0 Å². The molecule has 0 spiro atoms. The van der Waals surface area contributed by atoms with E-state index in [0.717, 1.165) is 4.47 Å². The summed E-state index contributed by atoms with van der Waals surface area (Å²) in [6, 6.07) is 7.68. The molecule has 0 radical (unpaired) electrons. The number of benzene rings is 2. The van der Waals surface area contributed by atoms with Crippen LogP contribution in [-0.2, 0) is 0 Å². The predicted octanol–water partition coefficient (Wildman–Crippen LogP) is 3.30. The molecule has 0 saturated heterocycles. The summed E-state index contributed by atoms with van der Waals surface area (Å²) >= 11 is 9.19. The van der Waals surface area contributed by atoms with Crippen molar-refractivity contribution < 1.29 is 19.4 Å². The quantitative estimate of drug-likeness (QED) is 0.615. The summed E-state index contributed by atoms with van der Waals surface area (Å²) in [6.45, 7) is 0.174. The summed E-state index contributed by atoms with van der Waals surface area (Å²) in [5, 5.41) is 13.9. The summed E-state index contributed by atoms with van der Waals surface area (Å²) in [5.41, 5.74) is 3.07. The van der Waals surface area contributed by atoms with Gasteiger partial charge in [0.05, 0.1) is 11.8 Å². The number of nitrogens with zero attached hydrogens (tertiary/aromatic N) is 1. The second kappa shape index (κ2) is 6.47. The highest BCUT2D eigenvalue weighted by molar-refractivity contribution is 9.10. The molecule has 1 amide bonds. The van der Waals surface area contributed by atoms with Gasteiger partial charge in [-0.05, 0) is 46.3 Å². The molecule has 23 heavy (non-hydrogen) atoms. The van der Waals surface area contributed by atoms with Crippen LogP contribution in [0.2, 0.25) is 5.02 Å². The maximum Gasteiger partial charge on any atom is 0.275 e. The number of halogens is 2. The summed E-state index contributed by atoms with van der Waals surface area (Å²) in [7, 11) is 0. The smallest absolute Gasteiger partial charge is 0.275 e. The van der Waals surface area contributed by atoms with Crippen LogP contribution in [0.25, 0.3) is 0 Å². The first-order chi connectivity index (χ1) is 11.0. The van der Waals surface area contributed by atoms with E-state index in [9.17, 15) is 9.90 Å². The fraction of sp³-hybridized carbons (Fsp3) is 0.0667. The van der Waals surface area contributed by atoms with Crippen molar-refractivity contribution in [1.29, 1.82) is 0 Å². The molecule has 6 nitrogen and oxygen atoms in total. The first kappa shape index (κ1) is 15.6. The highest BCUT2D eigenvalue weighted by Crippen LogP contribution is 2.36. The Labute approximate surface area is 144 Å². The van der Waals surface area contributed by atoms with Crippen LogP contribution in [0.5, 0.6) is 17.2 Å². The first-order valence-electron chi connectivity index (χ1n) is 6.45. The fourth-order valence-electron chi connectivity index (χ4n) is 1.94. The minimum atomic E-state index is -0.571. The Balaban J connectivity index is 1.74. The average molecular weight is 398 g/mol. The molecule has 0 saturated carbocycles. The number of carbonyl (C=O) groups is 1. The van der Waals surface area contributed by atoms with E-state index in [0.29, 0.717) is 22.1 Å². The van der Waals surface area contributed by atoms with Crippen LogP contribution < -0.4 is 14.9 Å². The van der Waals surface area contributed by atoms with E-state index in [1.165, 1.54) is 24.4 Å². The third-order valence-electron chi connectivity index (χ3n) is 3.06. The van der Waals surface area contributed by atoms with E-state index < -0.39 is 5.91 Å². The van der Waals surface area contributed by atoms with Crippen LogP contribution in [0.1, 0.15) is 15.9 Å². The maximum atomic E-state index is 12.0. The molecule has 3 rings (SSSR count). The number of hydrazone groups is 1. The van der Waals surface area contributed by atoms with Gasteiger partial charge in [0.25, 0.3) is 5.91 Å². The lowest BCUT2D eigenvalue weighted by Crippen LogP contribution is -2.17. The molecule has 118 valence electrons. The van der Waals surface area contributed by atoms with Gasteiger partial charge in [-0.15, -0.1) is 0 Å². The second-order valence-corrected chi connectivity index (χ2v) is 5.88. The third kappa shape index (κ3) is 3.40. The van der Waals surface area contributed by atoms with E-state index in [4.69, 9.17) is 21.1 Å². The molecule has 8 heteroatoms. The SMILES string of the molecule is O=C(N/N=C\c1cc2c(cc1Br)OCO2)c1cc(Cl)ccc1O. The van der Waals surface area contributed by atoms with Gasteiger partial charge in [-0.25, -0.2) is 5.43 Å². The molecule has 1 aliphatic rings. The monoisotopic (exact) mass is 396 g/mol. The number of rotatable bonds is 3. The number of phenols is 1. The Kier molecular flexibility index (Phi) is 4.40. The lowest BCUT2D eigenvalue weighted by Gasteiger charge is -2.04. The van der Waals surface area contributed by atoms with Crippen molar-refractivity contribution in [1.82, 2.24) is 5.43 Å². The number of phenolic OH excluding ortho intramolecular Hbond substituents is 1. The van der Waals surface area contributed by atoms with Crippen molar-refractivity contribution in [2.75, 3.05) is 6.79 Å². The Morgan fingerprint density at radius 1 is 1.30 bits per heavy atom. The van der Waals surface area contributed by atoms with Gasteiger partial charge in [0.15, 0.2) is 11.5 Å². The highest BCUT2D eigenvalue weighted by atomic mass is 79.9. The molecule has 1 aliphatic heterocycles. The minimum Gasteiger partial charge on any atom is -0.507 e. The second-order valence-electron chi connectivity index (χ2n) is 4.59.